The number of hydrogen-bond acceptors (Lipinski definition) is 8. The van der Waals surface area contributed by atoms with Crippen LogP contribution in [0.3, 0.4) is 0 Å². The zero-order valence-electron chi connectivity index (χ0n) is 23.6. The third-order valence-electron chi connectivity index (χ3n) is 8.99. The number of aromatic carboxylic acids is 1. The SMILES string of the molecule is CNc1cc(F)c(F)c2c1Cc1ncc(-c3cnc4c(c3)c(=O)c(C(=O)O)cn4NC)c(N3CC[C@]4(F)CN(C)C[C@H]34)c1-2. The monoisotopic (exact) mass is 591 g/mol. The zero-order chi connectivity index (χ0) is 30.4. The lowest BCUT2D eigenvalue weighted by molar-refractivity contribution is 0.0695. The van der Waals surface area contributed by atoms with Crippen LogP contribution in [0, 0.1) is 11.6 Å². The van der Waals surface area contributed by atoms with Crippen molar-refractivity contribution in [2.75, 3.05) is 56.4 Å². The van der Waals surface area contributed by atoms with Gasteiger partial charge in [-0.2, -0.15) is 0 Å². The summed E-state index contributed by atoms with van der Waals surface area (Å²) in [6.07, 6.45) is 4.76. The highest BCUT2D eigenvalue weighted by Gasteiger charge is 2.54. The molecule has 0 unspecified atom stereocenters. The summed E-state index contributed by atoms with van der Waals surface area (Å²) in [7, 11) is 5.04. The summed E-state index contributed by atoms with van der Waals surface area (Å²) in [5.74, 6) is -3.42. The van der Waals surface area contributed by atoms with E-state index in [0.717, 1.165) is 12.3 Å². The molecule has 3 aromatic heterocycles. The second kappa shape index (κ2) is 9.43. The second-order valence-electron chi connectivity index (χ2n) is 11.4. The molecule has 1 aliphatic carbocycles. The Kier molecular flexibility index (Phi) is 5.96. The fraction of sp³-hybridized carbons (Fsp3) is 0.333. The van der Waals surface area contributed by atoms with Crippen LogP contribution < -0.4 is 21.1 Å². The maximum absolute atomic E-state index is 16.2. The molecule has 0 radical (unpaired) electrons. The summed E-state index contributed by atoms with van der Waals surface area (Å²) in [5, 5.41) is 12.6. The van der Waals surface area contributed by atoms with Crippen LogP contribution in [0.5, 0.6) is 0 Å². The first-order chi connectivity index (χ1) is 20.6. The van der Waals surface area contributed by atoms with Gasteiger partial charge < -0.3 is 25.6 Å². The van der Waals surface area contributed by atoms with E-state index in [9.17, 15) is 19.1 Å². The van der Waals surface area contributed by atoms with E-state index in [-0.39, 0.29) is 36.0 Å². The number of fused-ring (bicyclic) bond motifs is 5. The molecule has 2 fully saturated rings. The number of aromatic nitrogens is 3. The Morgan fingerprint density at radius 2 is 1.95 bits per heavy atom. The molecule has 43 heavy (non-hydrogen) atoms. The average molecular weight is 592 g/mol. The van der Waals surface area contributed by atoms with Gasteiger partial charge in [0.05, 0.1) is 22.8 Å². The lowest BCUT2D eigenvalue weighted by atomic mass is 9.95. The molecule has 222 valence electrons. The van der Waals surface area contributed by atoms with Gasteiger partial charge in [-0.05, 0) is 18.7 Å². The molecule has 2 atom stereocenters. The van der Waals surface area contributed by atoms with Crippen molar-refractivity contribution in [1.29, 1.82) is 0 Å². The van der Waals surface area contributed by atoms with E-state index in [1.54, 1.807) is 20.3 Å². The van der Waals surface area contributed by atoms with Gasteiger partial charge in [0.15, 0.2) is 17.3 Å². The van der Waals surface area contributed by atoms with Crippen LogP contribution in [0.4, 0.5) is 24.5 Å². The number of carboxylic acids is 1. The van der Waals surface area contributed by atoms with Gasteiger partial charge in [-0.15, -0.1) is 0 Å². The van der Waals surface area contributed by atoms with Crippen molar-refractivity contribution in [3.05, 3.63) is 69.4 Å². The first-order valence-corrected chi connectivity index (χ1v) is 13.9. The Balaban J connectivity index is 1.53. The van der Waals surface area contributed by atoms with Gasteiger partial charge in [0.1, 0.15) is 11.2 Å². The quantitative estimate of drug-likeness (QED) is 0.283. The summed E-state index contributed by atoms with van der Waals surface area (Å²) in [6.45, 7) is 1.01. The van der Waals surface area contributed by atoms with Crippen molar-refractivity contribution in [3.8, 4) is 22.3 Å². The summed E-state index contributed by atoms with van der Waals surface area (Å²) in [6, 6.07) is 2.09. The number of hydrogen-bond donors (Lipinski definition) is 3. The molecule has 4 aromatic rings. The maximum atomic E-state index is 16.2. The topological polar surface area (TPSA) is 116 Å². The number of rotatable bonds is 5. The van der Waals surface area contributed by atoms with Crippen LogP contribution in [0.25, 0.3) is 33.3 Å². The molecular formula is C30H28F3N7O3. The lowest BCUT2D eigenvalue weighted by Crippen LogP contribution is -2.41. The molecule has 7 rings (SSSR count). The van der Waals surface area contributed by atoms with Gasteiger partial charge in [-0.25, -0.2) is 27.6 Å². The molecule has 1 aromatic carbocycles. The average Bonchev–Trinajstić information content (AvgIpc) is 3.62. The standard InChI is InChI=1S/C30H28F3N7O3/c1-34-20-8-19(31)25(32)23-15(20)7-21-24(23)26(39-5-4-30(33)13-38(3)12-22(30)39)17(10-36-21)14-6-16-27(41)18(29(42)43)11-40(35-2)28(16)37-9-14/h6,8-11,22,34-35H,4-5,7,12-13H2,1-3H3,(H,42,43)/t22-,30-/m0/s1. The molecule has 0 spiro atoms. The molecule has 10 nitrogen and oxygen atoms in total. The first kappa shape index (κ1) is 27.2. The number of pyridine rings is 3. The third-order valence-corrected chi connectivity index (χ3v) is 8.99. The molecule has 2 aliphatic heterocycles. The highest BCUT2D eigenvalue weighted by Crippen LogP contribution is 2.53. The highest BCUT2D eigenvalue weighted by atomic mass is 19.2. The molecule has 13 heteroatoms. The van der Waals surface area contributed by atoms with Crippen molar-refractivity contribution in [2.24, 2.45) is 0 Å². The van der Waals surface area contributed by atoms with Gasteiger partial charge in [-0.1, -0.05) is 0 Å². The van der Waals surface area contributed by atoms with E-state index >= 15 is 8.78 Å². The van der Waals surface area contributed by atoms with E-state index in [2.05, 4.69) is 20.7 Å². The second-order valence-corrected chi connectivity index (χ2v) is 11.4. The number of benzene rings is 1. The van der Waals surface area contributed by atoms with Crippen LogP contribution in [-0.4, -0.2) is 83.1 Å². The number of carboxylic acid groups (broad SMARTS) is 1. The van der Waals surface area contributed by atoms with Crippen molar-refractivity contribution in [2.45, 2.75) is 24.6 Å². The number of nitrogens with zero attached hydrogens (tertiary/aromatic N) is 5. The van der Waals surface area contributed by atoms with E-state index in [1.807, 2.05) is 16.8 Å². The summed E-state index contributed by atoms with van der Waals surface area (Å²) < 4.78 is 48.2. The Morgan fingerprint density at radius 1 is 1.16 bits per heavy atom. The van der Waals surface area contributed by atoms with Crippen molar-refractivity contribution in [1.82, 2.24) is 19.5 Å². The fourth-order valence-electron chi connectivity index (χ4n) is 7.06. The van der Waals surface area contributed by atoms with Gasteiger partial charge >= 0.3 is 5.97 Å². The number of halogens is 3. The van der Waals surface area contributed by atoms with Crippen molar-refractivity contribution in [3.63, 3.8) is 0 Å². The first-order valence-electron chi connectivity index (χ1n) is 13.9. The van der Waals surface area contributed by atoms with Gasteiger partial charge in [0.25, 0.3) is 0 Å². The van der Waals surface area contributed by atoms with Gasteiger partial charge in [-0.3, -0.25) is 9.78 Å². The Labute approximate surface area is 243 Å². The Hall–Kier alpha value is -4.65. The van der Waals surface area contributed by atoms with Crippen LogP contribution in [0.2, 0.25) is 0 Å². The van der Waals surface area contributed by atoms with Crippen molar-refractivity contribution >= 4 is 28.4 Å². The third kappa shape index (κ3) is 3.83. The zero-order valence-corrected chi connectivity index (χ0v) is 23.6. The molecule has 0 saturated carbocycles. The Morgan fingerprint density at radius 3 is 2.67 bits per heavy atom. The van der Waals surface area contributed by atoms with Crippen molar-refractivity contribution < 1.29 is 23.1 Å². The summed E-state index contributed by atoms with van der Waals surface area (Å²) >= 11 is 0. The normalized spacial score (nSPS) is 20.8. The Bertz CT molecular complexity index is 1930. The van der Waals surface area contributed by atoms with E-state index in [0.29, 0.717) is 52.4 Å². The van der Waals surface area contributed by atoms with E-state index in [1.165, 1.54) is 16.9 Å². The minimum atomic E-state index is -1.50. The molecular weight excluding hydrogens is 563 g/mol. The fourth-order valence-corrected chi connectivity index (χ4v) is 7.06. The smallest absolute Gasteiger partial charge is 0.341 e. The molecule has 5 heterocycles. The maximum Gasteiger partial charge on any atom is 0.341 e. The predicted octanol–water partition coefficient (Wildman–Crippen LogP) is 3.45. The number of carbonyl (C=O) groups is 1. The highest BCUT2D eigenvalue weighted by molar-refractivity contribution is 5.99. The van der Waals surface area contributed by atoms with Crippen LogP contribution in [0.1, 0.15) is 28.0 Å². The number of likely N-dealkylation sites (tertiary alicyclic amines) is 1. The summed E-state index contributed by atoms with van der Waals surface area (Å²) in [5.41, 5.74) is 3.65. The van der Waals surface area contributed by atoms with Crippen LogP contribution >= 0.6 is 0 Å². The van der Waals surface area contributed by atoms with Gasteiger partial charge in [0.2, 0.25) is 5.43 Å². The predicted molar refractivity (Wildman–Crippen MR) is 156 cm³/mol. The minimum absolute atomic E-state index is 0.0372. The lowest BCUT2D eigenvalue weighted by Gasteiger charge is -2.31. The molecule has 0 bridgehead atoms. The molecule has 2 saturated heterocycles. The van der Waals surface area contributed by atoms with E-state index < -0.39 is 40.3 Å². The molecule has 3 aliphatic rings. The van der Waals surface area contributed by atoms with Crippen LogP contribution in [-0.2, 0) is 6.42 Å². The van der Waals surface area contributed by atoms with E-state index in [4.69, 9.17) is 0 Å². The molecule has 3 N–H and O–H groups in total. The molecule has 0 amide bonds. The minimum Gasteiger partial charge on any atom is -0.477 e. The number of nitrogens with one attached hydrogen (secondary N) is 2. The summed E-state index contributed by atoms with van der Waals surface area (Å²) in [4.78, 5) is 38.1. The number of anilines is 2. The number of alkyl halides is 1. The largest absolute Gasteiger partial charge is 0.477 e. The van der Waals surface area contributed by atoms with Crippen LogP contribution in [0.15, 0.2) is 35.5 Å². The number of likely N-dealkylation sites (N-methyl/N-ethyl adjacent to an activating group) is 1. The van der Waals surface area contributed by atoms with Gasteiger partial charge in [0, 0.05) is 99.2 Å².